The van der Waals surface area contributed by atoms with E-state index in [-0.39, 0.29) is 24.9 Å². The first-order valence-electron chi connectivity index (χ1n) is 4.35. The Bertz CT molecular complexity index is 215. The molecular weight excluding hydrogens is 186 g/mol. The van der Waals surface area contributed by atoms with Gasteiger partial charge in [-0.15, -0.1) is 6.58 Å². The molecular formula is C9H15NO4. The first-order chi connectivity index (χ1) is 6.60. The summed E-state index contributed by atoms with van der Waals surface area (Å²) in [6.45, 7) is 5.74. The first-order valence-corrected chi connectivity index (χ1v) is 4.35. The molecule has 5 nitrogen and oxygen atoms in total. The Labute approximate surface area is 82.7 Å². The number of esters is 1. The van der Waals surface area contributed by atoms with Gasteiger partial charge in [-0.25, -0.2) is 4.79 Å². The summed E-state index contributed by atoms with van der Waals surface area (Å²) in [7, 11) is 0. The topological polar surface area (TPSA) is 75.6 Å². The van der Waals surface area contributed by atoms with Crippen LogP contribution < -0.4 is 5.32 Å². The van der Waals surface area contributed by atoms with Crippen molar-refractivity contribution >= 4 is 12.1 Å². The summed E-state index contributed by atoms with van der Waals surface area (Å²) >= 11 is 0. The van der Waals surface area contributed by atoms with Gasteiger partial charge < -0.3 is 15.2 Å². The summed E-state index contributed by atoms with van der Waals surface area (Å²) in [6, 6.07) is 0. The van der Waals surface area contributed by atoms with Gasteiger partial charge in [0.2, 0.25) is 0 Å². The van der Waals surface area contributed by atoms with E-state index in [0.29, 0.717) is 6.61 Å². The van der Waals surface area contributed by atoms with Gasteiger partial charge in [-0.2, -0.15) is 0 Å². The molecule has 0 aliphatic carbocycles. The monoisotopic (exact) mass is 201 g/mol. The van der Waals surface area contributed by atoms with Crippen LogP contribution >= 0.6 is 0 Å². The van der Waals surface area contributed by atoms with Crippen molar-refractivity contribution in [3.8, 4) is 0 Å². The van der Waals surface area contributed by atoms with Crippen molar-refractivity contribution in [2.45, 2.75) is 13.3 Å². The third-order valence-corrected chi connectivity index (χ3v) is 1.58. The van der Waals surface area contributed by atoms with Gasteiger partial charge in [0.05, 0.1) is 13.0 Å². The molecule has 0 radical (unpaired) electrons. The molecule has 5 heteroatoms. The average molecular weight is 201 g/mol. The van der Waals surface area contributed by atoms with Crippen molar-refractivity contribution in [2.75, 3.05) is 13.2 Å². The SMILES string of the molecule is C=C[C@@H](CNC(=O)O)CC(=O)OCC. The van der Waals surface area contributed by atoms with Crippen LogP contribution in [0, 0.1) is 5.92 Å². The molecule has 0 aromatic heterocycles. The largest absolute Gasteiger partial charge is 0.466 e. The zero-order valence-corrected chi connectivity index (χ0v) is 8.16. The van der Waals surface area contributed by atoms with Gasteiger partial charge in [0, 0.05) is 12.5 Å². The minimum absolute atomic E-state index is 0.150. The minimum Gasteiger partial charge on any atom is -0.466 e. The quantitative estimate of drug-likeness (QED) is 0.496. The second-order valence-electron chi connectivity index (χ2n) is 2.69. The highest BCUT2D eigenvalue weighted by molar-refractivity contribution is 5.70. The van der Waals surface area contributed by atoms with Crippen LogP contribution in [-0.4, -0.2) is 30.3 Å². The van der Waals surface area contributed by atoms with Crippen LogP contribution in [0.5, 0.6) is 0 Å². The molecule has 0 rings (SSSR count). The third-order valence-electron chi connectivity index (χ3n) is 1.58. The van der Waals surface area contributed by atoms with Gasteiger partial charge in [-0.05, 0) is 6.92 Å². The Hall–Kier alpha value is -1.52. The number of carbonyl (C=O) groups is 2. The van der Waals surface area contributed by atoms with E-state index >= 15 is 0 Å². The van der Waals surface area contributed by atoms with Gasteiger partial charge in [0.1, 0.15) is 0 Å². The molecule has 0 spiro atoms. The van der Waals surface area contributed by atoms with Crippen molar-refractivity contribution < 1.29 is 19.4 Å². The molecule has 14 heavy (non-hydrogen) atoms. The highest BCUT2D eigenvalue weighted by atomic mass is 16.5. The minimum atomic E-state index is -1.11. The number of ether oxygens (including phenoxy) is 1. The number of amides is 1. The van der Waals surface area contributed by atoms with E-state index in [4.69, 9.17) is 9.84 Å². The van der Waals surface area contributed by atoms with E-state index in [1.54, 1.807) is 6.92 Å². The van der Waals surface area contributed by atoms with E-state index in [1.807, 2.05) is 0 Å². The Morgan fingerprint density at radius 1 is 1.64 bits per heavy atom. The lowest BCUT2D eigenvalue weighted by Crippen LogP contribution is -2.28. The maximum absolute atomic E-state index is 11.0. The molecule has 0 saturated carbocycles. The highest BCUT2D eigenvalue weighted by Crippen LogP contribution is 2.04. The number of hydrogen-bond acceptors (Lipinski definition) is 3. The molecule has 0 bridgehead atoms. The summed E-state index contributed by atoms with van der Waals surface area (Å²) in [5, 5.41) is 10.5. The maximum Gasteiger partial charge on any atom is 0.404 e. The Kier molecular flexibility index (Phi) is 6.19. The molecule has 1 atom stereocenters. The van der Waals surface area contributed by atoms with Crippen molar-refractivity contribution in [1.82, 2.24) is 5.32 Å². The lowest BCUT2D eigenvalue weighted by molar-refractivity contribution is -0.143. The van der Waals surface area contributed by atoms with Crippen LogP contribution in [0.3, 0.4) is 0 Å². The van der Waals surface area contributed by atoms with Crippen LogP contribution in [0.25, 0.3) is 0 Å². The lowest BCUT2D eigenvalue weighted by Gasteiger charge is -2.10. The zero-order chi connectivity index (χ0) is 11.0. The lowest BCUT2D eigenvalue weighted by atomic mass is 10.1. The molecule has 0 aromatic rings. The number of carboxylic acid groups (broad SMARTS) is 1. The normalized spacial score (nSPS) is 11.5. The average Bonchev–Trinajstić information content (AvgIpc) is 2.12. The van der Waals surface area contributed by atoms with E-state index < -0.39 is 6.09 Å². The fraction of sp³-hybridized carbons (Fsp3) is 0.556. The van der Waals surface area contributed by atoms with E-state index in [0.717, 1.165) is 0 Å². The zero-order valence-electron chi connectivity index (χ0n) is 8.16. The molecule has 0 aliphatic heterocycles. The molecule has 0 aromatic carbocycles. The van der Waals surface area contributed by atoms with E-state index in [1.165, 1.54) is 6.08 Å². The fourth-order valence-corrected chi connectivity index (χ4v) is 0.891. The van der Waals surface area contributed by atoms with Gasteiger partial charge in [-0.1, -0.05) is 6.08 Å². The predicted molar refractivity (Wildman–Crippen MR) is 51.0 cm³/mol. The summed E-state index contributed by atoms with van der Waals surface area (Å²) in [4.78, 5) is 21.2. The standard InChI is InChI=1S/C9H15NO4/c1-3-7(6-10-9(12)13)5-8(11)14-4-2/h3,7,10H,1,4-6H2,2H3,(H,12,13)/t7-/m1/s1. The van der Waals surface area contributed by atoms with Gasteiger partial charge in [0.25, 0.3) is 0 Å². The second-order valence-corrected chi connectivity index (χ2v) is 2.69. The van der Waals surface area contributed by atoms with Gasteiger partial charge in [-0.3, -0.25) is 4.79 Å². The molecule has 0 heterocycles. The van der Waals surface area contributed by atoms with Crippen molar-refractivity contribution in [2.24, 2.45) is 5.92 Å². The number of hydrogen-bond donors (Lipinski definition) is 2. The van der Waals surface area contributed by atoms with Crippen LogP contribution in [0.1, 0.15) is 13.3 Å². The van der Waals surface area contributed by atoms with Gasteiger partial charge in [0.15, 0.2) is 0 Å². The van der Waals surface area contributed by atoms with Gasteiger partial charge >= 0.3 is 12.1 Å². The smallest absolute Gasteiger partial charge is 0.404 e. The maximum atomic E-state index is 11.0. The molecule has 0 aliphatic rings. The van der Waals surface area contributed by atoms with Crippen LogP contribution in [0.4, 0.5) is 4.79 Å². The number of rotatable bonds is 6. The molecule has 80 valence electrons. The van der Waals surface area contributed by atoms with E-state index in [9.17, 15) is 9.59 Å². The second kappa shape index (κ2) is 6.94. The number of nitrogens with one attached hydrogen (secondary N) is 1. The predicted octanol–water partition coefficient (Wildman–Crippen LogP) is 1.01. The summed E-state index contributed by atoms with van der Waals surface area (Å²) in [5.74, 6) is -0.560. The summed E-state index contributed by atoms with van der Waals surface area (Å²) < 4.78 is 4.72. The summed E-state index contributed by atoms with van der Waals surface area (Å²) in [6.07, 6.45) is 0.575. The Morgan fingerprint density at radius 3 is 2.71 bits per heavy atom. The molecule has 2 N–H and O–H groups in total. The summed E-state index contributed by atoms with van der Waals surface area (Å²) in [5.41, 5.74) is 0. The van der Waals surface area contributed by atoms with Crippen LogP contribution in [0.2, 0.25) is 0 Å². The Balaban J connectivity index is 3.84. The molecule has 1 amide bonds. The van der Waals surface area contributed by atoms with Crippen LogP contribution in [-0.2, 0) is 9.53 Å². The highest BCUT2D eigenvalue weighted by Gasteiger charge is 2.11. The van der Waals surface area contributed by atoms with Crippen LogP contribution in [0.15, 0.2) is 12.7 Å². The van der Waals surface area contributed by atoms with Crippen molar-refractivity contribution in [1.29, 1.82) is 0 Å². The molecule has 0 saturated heterocycles. The van der Waals surface area contributed by atoms with E-state index in [2.05, 4.69) is 11.9 Å². The third kappa shape index (κ3) is 6.05. The van der Waals surface area contributed by atoms with Crippen molar-refractivity contribution in [3.05, 3.63) is 12.7 Å². The molecule has 0 unspecified atom stereocenters. The fourth-order valence-electron chi connectivity index (χ4n) is 0.891. The Morgan fingerprint density at radius 2 is 2.29 bits per heavy atom. The van der Waals surface area contributed by atoms with Crippen molar-refractivity contribution in [3.63, 3.8) is 0 Å². The first kappa shape index (κ1) is 12.5. The number of carbonyl (C=O) groups excluding carboxylic acids is 1. The molecule has 0 fully saturated rings.